The van der Waals surface area contributed by atoms with Crippen LogP contribution in [-0.2, 0) is 0 Å². The number of hydrogen-bond acceptors (Lipinski definition) is 3. The molecule has 4 aliphatic heterocycles. The molecule has 0 spiro atoms. The Bertz CT molecular complexity index is 771. The maximum Gasteiger partial charge on any atom is 0.0367 e. The van der Waals surface area contributed by atoms with E-state index in [1.807, 2.05) is 0 Å². The molecule has 0 aliphatic carbocycles. The fraction of sp³-hybridized carbons (Fsp3) is 0.520. The van der Waals surface area contributed by atoms with Gasteiger partial charge in [-0.05, 0) is 75.0 Å². The van der Waals surface area contributed by atoms with Crippen LogP contribution in [-0.4, -0.2) is 61.2 Å². The van der Waals surface area contributed by atoms with Crippen molar-refractivity contribution in [1.29, 1.82) is 0 Å². The lowest BCUT2D eigenvalue weighted by molar-refractivity contribution is 0.0348. The number of piperazine rings is 1. The first-order chi connectivity index (χ1) is 13.7. The van der Waals surface area contributed by atoms with Crippen molar-refractivity contribution >= 4 is 5.69 Å². The number of anilines is 1. The van der Waals surface area contributed by atoms with E-state index in [1.165, 1.54) is 68.8 Å². The van der Waals surface area contributed by atoms with E-state index in [4.69, 9.17) is 0 Å². The molecule has 1 unspecified atom stereocenters. The molecule has 2 bridgehead atoms. The average molecular weight is 376 g/mol. The molecule has 4 fully saturated rings. The molecule has 0 radical (unpaired) electrons. The third-order valence-electron chi connectivity index (χ3n) is 7.74. The minimum atomic E-state index is 0.411. The SMILES string of the molecule is CC1(N2CCN(c3ccc(-c4ccccc4)cc3)CC2)CCN2CCC1CC2. The zero-order valence-corrected chi connectivity index (χ0v) is 17.2. The van der Waals surface area contributed by atoms with Crippen LogP contribution in [0.15, 0.2) is 54.6 Å². The second kappa shape index (κ2) is 7.53. The summed E-state index contributed by atoms with van der Waals surface area (Å²) >= 11 is 0. The van der Waals surface area contributed by atoms with E-state index in [0.717, 1.165) is 19.0 Å². The second-order valence-electron chi connectivity index (χ2n) is 9.11. The first kappa shape index (κ1) is 18.2. The van der Waals surface area contributed by atoms with E-state index in [2.05, 4.69) is 76.2 Å². The minimum absolute atomic E-state index is 0.411. The molecular formula is C25H33N3. The van der Waals surface area contributed by atoms with Crippen LogP contribution in [0, 0.1) is 5.92 Å². The lowest BCUT2D eigenvalue weighted by Gasteiger charge is -2.49. The first-order valence-corrected chi connectivity index (χ1v) is 11.1. The summed E-state index contributed by atoms with van der Waals surface area (Å²) in [4.78, 5) is 8.10. The van der Waals surface area contributed by atoms with Gasteiger partial charge >= 0.3 is 0 Å². The van der Waals surface area contributed by atoms with Crippen molar-refractivity contribution in [3.63, 3.8) is 0 Å². The third-order valence-corrected chi connectivity index (χ3v) is 7.74. The molecule has 0 aromatic heterocycles. The normalized spacial score (nSPS) is 31.0. The van der Waals surface area contributed by atoms with Crippen LogP contribution in [0.5, 0.6) is 0 Å². The molecule has 0 N–H and O–H groups in total. The Labute approximate surface area is 169 Å². The number of fused-ring (bicyclic) bond motifs is 4. The Hall–Kier alpha value is -1.84. The van der Waals surface area contributed by atoms with Crippen LogP contribution < -0.4 is 4.90 Å². The van der Waals surface area contributed by atoms with Gasteiger partial charge in [0.05, 0.1) is 0 Å². The lowest BCUT2D eigenvalue weighted by Crippen LogP contribution is -2.59. The molecule has 28 heavy (non-hydrogen) atoms. The summed E-state index contributed by atoms with van der Waals surface area (Å²) in [7, 11) is 0. The number of nitrogens with zero attached hydrogens (tertiary/aromatic N) is 3. The highest BCUT2D eigenvalue weighted by Gasteiger charge is 2.44. The second-order valence-corrected chi connectivity index (χ2v) is 9.11. The number of benzene rings is 2. The van der Waals surface area contributed by atoms with Crippen molar-refractivity contribution in [1.82, 2.24) is 9.80 Å². The quantitative estimate of drug-likeness (QED) is 0.790. The van der Waals surface area contributed by atoms with Crippen molar-refractivity contribution in [3.05, 3.63) is 54.6 Å². The zero-order chi connectivity index (χ0) is 19.0. The van der Waals surface area contributed by atoms with Crippen LogP contribution in [0.3, 0.4) is 0 Å². The van der Waals surface area contributed by atoms with Gasteiger partial charge in [-0.2, -0.15) is 0 Å². The van der Waals surface area contributed by atoms with E-state index in [0.29, 0.717) is 5.54 Å². The molecule has 0 saturated carbocycles. The van der Waals surface area contributed by atoms with Crippen LogP contribution >= 0.6 is 0 Å². The van der Waals surface area contributed by atoms with E-state index < -0.39 is 0 Å². The van der Waals surface area contributed by atoms with Gasteiger partial charge < -0.3 is 9.80 Å². The summed E-state index contributed by atoms with van der Waals surface area (Å²) in [5, 5.41) is 0. The van der Waals surface area contributed by atoms with Crippen LogP contribution in [0.2, 0.25) is 0 Å². The molecular weight excluding hydrogens is 342 g/mol. The summed E-state index contributed by atoms with van der Waals surface area (Å²) in [5.41, 5.74) is 4.39. The van der Waals surface area contributed by atoms with Crippen molar-refractivity contribution < 1.29 is 0 Å². The van der Waals surface area contributed by atoms with Gasteiger partial charge in [-0.25, -0.2) is 0 Å². The highest BCUT2D eigenvalue weighted by molar-refractivity contribution is 5.66. The van der Waals surface area contributed by atoms with Gasteiger partial charge in [0.15, 0.2) is 0 Å². The molecule has 4 aliphatic rings. The number of piperidine rings is 1. The summed E-state index contributed by atoms with van der Waals surface area (Å²) in [6.45, 7) is 11.2. The molecule has 2 aromatic carbocycles. The van der Waals surface area contributed by atoms with E-state index >= 15 is 0 Å². The van der Waals surface area contributed by atoms with Gasteiger partial charge in [0.1, 0.15) is 0 Å². The Morgan fingerprint density at radius 1 is 0.714 bits per heavy atom. The summed E-state index contributed by atoms with van der Waals surface area (Å²) in [6.07, 6.45) is 4.15. The monoisotopic (exact) mass is 375 g/mol. The van der Waals surface area contributed by atoms with Crippen LogP contribution in [0.4, 0.5) is 5.69 Å². The summed E-state index contributed by atoms with van der Waals surface area (Å²) in [6, 6.07) is 19.8. The predicted molar refractivity (Wildman–Crippen MR) is 118 cm³/mol. The Morgan fingerprint density at radius 3 is 2.04 bits per heavy atom. The summed E-state index contributed by atoms with van der Waals surface area (Å²) in [5.74, 6) is 0.892. The van der Waals surface area contributed by atoms with E-state index in [1.54, 1.807) is 0 Å². The van der Waals surface area contributed by atoms with Crippen molar-refractivity contribution in [2.75, 3.05) is 50.7 Å². The van der Waals surface area contributed by atoms with Crippen molar-refractivity contribution in [2.24, 2.45) is 5.92 Å². The lowest BCUT2D eigenvalue weighted by atomic mass is 9.77. The topological polar surface area (TPSA) is 9.72 Å². The Morgan fingerprint density at radius 2 is 1.36 bits per heavy atom. The van der Waals surface area contributed by atoms with Crippen molar-refractivity contribution in [3.8, 4) is 11.1 Å². The highest BCUT2D eigenvalue weighted by atomic mass is 15.3. The van der Waals surface area contributed by atoms with Gasteiger partial charge in [-0.15, -0.1) is 0 Å². The fourth-order valence-electron chi connectivity index (χ4n) is 5.75. The molecule has 148 valence electrons. The largest absolute Gasteiger partial charge is 0.369 e. The third kappa shape index (κ3) is 3.35. The predicted octanol–water partition coefficient (Wildman–Crippen LogP) is 4.35. The van der Waals surface area contributed by atoms with E-state index in [-0.39, 0.29) is 0 Å². The molecule has 2 aromatic rings. The molecule has 0 amide bonds. The van der Waals surface area contributed by atoms with E-state index in [9.17, 15) is 0 Å². The molecule has 6 rings (SSSR count). The maximum atomic E-state index is 2.83. The highest BCUT2D eigenvalue weighted by Crippen LogP contribution is 2.40. The molecule has 4 saturated heterocycles. The molecule has 4 heterocycles. The zero-order valence-electron chi connectivity index (χ0n) is 17.2. The van der Waals surface area contributed by atoms with Crippen molar-refractivity contribution in [2.45, 2.75) is 31.7 Å². The van der Waals surface area contributed by atoms with Gasteiger partial charge in [0.25, 0.3) is 0 Å². The molecule has 3 heteroatoms. The van der Waals surface area contributed by atoms with Gasteiger partial charge in [-0.1, -0.05) is 42.5 Å². The smallest absolute Gasteiger partial charge is 0.0367 e. The molecule has 3 nitrogen and oxygen atoms in total. The van der Waals surface area contributed by atoms with Crippen LogP contribution in [0.1, 0.15) is 26.2 Å². The molecule has 1 atom stereocenters. The van der Waals surface area contributed by atoms with Gasteiger partial charge in [0, 0.05) is 37.4 Å². The Balaban J connectivity index is 1.25. The number of hydrogen-bond donors (Lipinski definition) is 0. The van der Waals surface area contributed by atoms with Gasteiger partial charge in [-0.3, -0.25) is 4.90 Å². The number of rotatable bonds is 3. The van der Waals surface area contributed by atoms with Crippen LogP contribution in [0.25, 0.3) is 11.1 Å². The average Bonchev–Trinajstić information content (AvgIpc) is 3.04. The minimum Gasteiger partial charge on any atom is -0.369 e. The maximum absolute atomic E-state index is 2.83. The fourth-order valence-corrected chi connectivity index (χ4v) is 5.75. The van der Waals surface area contributed by atoms with Gasteiger partial charge in [0.2, 0.25) is 0 Å². The Kier molecular flexibility index (Phi) is 4.90. The summed E-state index contributed by atoms with van der Waals surface area (Å²) < 4.78 is 0. The first-order valence-electron chi connectivity index (χ1n) is 11.1. The standard InChI is InChI=1S/C25H33N3/c1-25(13-16-26-14-11-23(25)12-15-26)28-19-17-27(18-20-28)24-9-7-22(8-10-24)21-5-3-2-4-6-21/h2-10,23H,11-20H2,1H3.